The van der Waals surface area contributed by atoms with Gasteiger partial charge in [-0.15, -0.1) is 0 Å². The number of nitrogens with two attached hydrogens (primary N) is 1. The predicted molar refractivity (Wildman–Crippen MR) is 53.5 cm³/mol. The smallest absolute Gasteiger partial charge is 0.236 e. The van der Waals surface area contributed by atoms with Crippen molar-refractivity contribution in [2.24, 2.45) is 5.73 Å². The molecule has 1 aromatic carbocycles. The van der Waals surface area contributed by atoms with E-state index in [1.165, 1.54) is 6.07 Å². The van der Waals surface area contributed by atoms with Crippen LogP contribution in [0, 0.1) is 5.82 Å². The second kappa shape index (κ2) is 4.60. The normalized spacial score (nSPS) is 9.86. The maximum atomic E-state index is 13.3. The minimum Gasteiger partial charge on any atom is -0.368 e. The van der Waals surface area contributed by atoms with Crippen molar-refractivity contribution in [1.82, 2.24) is 0 Å². The van der Waals surface area contributed by atoms with Gasteiger partial charge in [0.15, 0.2) is 0 Å². The van der Waals surface area contributed by atoms with Crippen LogP contribution in [-0.2, 0) is 4.79 Å². The number of nitrogens with zero attached hydrogens (tertiary/aromatic N) is 1. The second-order valence-electron chi connectivity index (χ2n) is 2.93. The first kappa shape index (κ1) is 10.5. The average molecular weight is 196 g/mol. The standard InChI is InChI=1S/C10H13FN2O/c1-2-13(7-10(12)14)9-6-4-3-5-8(9)11/h3-6H,2,7H2,1H3,(H2,12,14). The third-order valence-electron chi connectivity index (χ3n) is 1.92. The zero-order valence-corrected chi connectivity index (χ0v) is 8.03. The Balaban J connectivity index is 2.89. The summed E-state index contributed by atoms with van der Waals surface area (Å²) >= 11 is 0. The van der Waals surface area contributed by atoms with Gasteiger partial charge < -0.3 is 10.6 Å². The quantitative estimate of drug-likeness (QED) is 0.784. The Labute approximate surface area is 82.3 Å². The predicted octanol–water partition coefficient (Wildman–Crippen LogP) is 1.14. The molecule has 0 spiro atoms. The van der Waals surface area contributed by atoms with Crippen molar-refractivity contribution in [2.75, 3.05) is 18.0 Å². The summed E-state index contributed by atoms with van der Waals surface area (Å²) in [4.78, 5) is 12.3. The number of para-hydroxylation sites is 1. The molecule has 3 nitrogen and oxygen atoms in total. The number of hydrogen-bond acceptors (Lipinski definition) is 2. The molecular weight excluding hydrogens is 183 g/mol. The first-order chi connectivity index (χ1) is 6.65. The van der Waals surface area contributed by atoms with Crippen LogP contribution >= 0.6 is 0 Å². The van der Waals surface area contributed by atoms with Crippen LogP contribution in [0.25, 0.3) is 0 Å². The molecular formula is C10H13FN2O. The molecule has 0 bridgehead atoms. The van der Waals surface area contributed by atoms with Crippen molar-refractivity contribution < 1.29 is 9.18 Å². The van der Waals surface area contributed by atoms with Gasteiger partial charge >= 0.3 is 0 Å². The van der Waals surface area contributed by atoms with Gasteiger partial charge in [-0.05, 0) is 19.1 Å². The summed E-state index contributed by atoms with van der Waals surface area (Å²) in [7, 11) is 0. The highest BCUT2D eigenvalue weighted by atomic mass is 19.1. The second-order valence-corrected chi connectivity index (χ2v) is 2.93. The number of likely N-dealkylation sites (N-methyl/N-ethyl adjacent to an activating group) is 1. The molecule has 0 saturated heterocycles. The monoisotopic (exact) mass is 196 g/mol. The largest absolute Gasteiger partial charge is 0.368 e. The van der Waals surface area contributed by atoms with E-state index in [1.807, 2.05) is 6.92 Å². The fourth-order valence-electron chi connectivity index (χ4n) is 1.26. The zero-order valence-electron chi connectivity index (χ0n) is 8.03. The summed E-state index contributed by atoms with van der Waals surface area (Å²) in [5.74, 6) is -0.800. The fraction of sp³-hybridized carbons (Fsp3) is 0.300. The van der Waals surface area contributed by atoms with Crippen LogP contribution < -0.4 is 10.6 Å². The zero-order chi connectivity index (χ0) is 10.6. The van der Waals surface area contributed by atoms with Gasteiger partial charge in [-0.2, -0.15) is 0 Å². The van der Waals surface area contributed by atoms with Gasteiger partial charge in [0, 0.05) is 6.54 Å². The molecule has 1 amide bonds. The molecule has 2 N–H and O–H groups in total. The van der Waals surface area contributed by atoms with Gasteiger partial charge in [0.25, 0.3) is 0 Å². The van der Waals surface area contributed by atoms with Crippen molar-refractivity contribution in [2.45, 2.75) is 6.92 Å². The van der Waals surface area contributed by atoms with Crippen molar-refractivity contribution in [3.63, 3.8) is 0 Å². The van der Waals surface area contributed by atoms with E-state index in [0.29, 0.717) is 12.2 Å². The van der Waals surface area contributed by atoms with Gasteiger partial charge in [0.1, 0.15) is 5.82 Å². The Morgan fingerprint density at radius 2 is 2.14 bits per heavy atom. The Morgan fingerprint density at radius 1 is 1.50 bits per heavy atom. The van der Waals surface area contributed by atoms with E-state index in [-0.39, 0.29) is 12.4 Å². The summed E-state index contributed by atoms with van der Waals surface area (Å²) in [6.45, 7) is 2.43. The lowest BCUT2D eigenvalue weighted by Crippen LogP contribution is -2.34. The fourth-order valence-corrected chi connectivity index (χ4v) is 1.26. The number of carbonyl (C=O) groups excluding carboxylic acids is 1. The number of rotatable bonds is 4. The number of hydrogen-bond donors (Lipinski definition) is 1. The molecule has 1 aromatic rings. The molecule has 0 radical (unpaired) electrons. The number of amides is 1. The Hall–Kier alpha value is -1.58. The molecule has 0 aliphatic rings. The van der Waals surface area contributed by atoms with Gasteiger partial charge in [-0.3, -0.25) is 4.79 Å². The number of carbonyl (C=O) groups is 1. The van der Waals surface area contributed by atoms with Crippen molar-refractivity contribution in [3.8, 4) is 0 Å². The summed E-state index contributed by atoms with van der Waals surface area (Å²) in [5.41, 5.74) is 5.46. The summed E-state index contributed by atoms with van der Waals surface area (Å²) in [6.07, 6.45) is 0. The van der Waals surface area contributed by atoms with E-state index in [2.05, 4.69) is 0 Å². The van der Waals surface area contributed by atoms with Crippen LogP contribution in [-0.4, -0.2) is 19.0 Å². The molecule has 0 aliphatic heterocycles. The lowest BCUT2D eigenvalue weighted by atomic mass is 10.2. The highest BCUT2D eigenvalue weighted by Crippen LogP contribution is 2.17. The van der Waals surface area contributed by atoms with Gasteiger partial charge in [0.2, 0.25) is 5.91 Å². The van der Waals surface area contributed by atoms with Crippen LogP contribution in [0.4, 0.5) is 10.1 Å². The number of anilines is 1. The molecule has 1 rings (SSSR count). The Kier molecular flexibility index (Phi) is 3.45. The van der Waals surface area contributed by atoms with E-state index in [0.717, 1.165) is 0 Å². The first-order valence-corrected chi connectivity index (χ1v) is 4.43. The van der Waals surface area contributed by atoms with Crippen molar-refractivity contribution >= 4 is 11.6 Å². The lowest BCUT2D eigenvalue weighted by molar-refractivity contribution is -0.116. The minimum absolute atomic E-state index is 0.0391. The summed E-state index contributed by atoms with van der Waals surface area (Å²) in [5, 5.41) is 0. The van der Waals surface area contributed by atoms with Crippen molar-refractivity contribution in [3.05, 3.63) is 30.1 Å². The van der Waals surface area contributed by atoms with E-state index in [1.54, 1.807) is 23.1 Å². The van der Waals surface area contributed by atoms with Crippen LogP contribution in [0.3, 0.4) is 0 Å². The Bertz CT molecular complexity index is 328. The maximum Gasteiger partial charge on any atom is 0.236 e. The average Bonchev–Trinajstić information content (AvgIpc) is 2.15. The van der Waals surface area contributed by atoms with Crippen LogP contribution in [0.15, 0.2) is 24.3 Å². The lowest BCUT2D eigenvalue weighted by Gasteiger charge is -2.21. The molecule has 14 heavy (non-hydrogen) atoms. The molecule has 0 aliphatic carbocycles. The van der Waals surface area contributed by atoms with Crippen LogP contribution in [0.1, 0.15) is 6.92 Å². The summed E-state index contributed by atoms with van der Waals surface area (Å²) < 4.78 is 13.3. The highest BCUT2D eigenvalue weighted by molar-refractivity contribution is 5.79. The molecule has 0 saturated carbocycles. The van der Waals surface area contributed by atoms with Gasteiger partial charge in [-0.1, -0.05) is 12.1 Å². The van der Waals surface area contributed by atoms with Crippen molar-refractivity contribution in [1.29, 1.82) is 0 Å². The minimum atomic E-state index is -0.463. The molecule has 76 valence electrons. The topological polar surface area (TPSA) is 46.3 Å². The molecule has 0 atom stereocenters. The molecule has 0 heterocycles. The van der Waals surface area contributed by atoms with E-state index in [9.17, 15) is 9.18 Å². The first-order valence-electron chi connectivity index (χ1n) is 4.43. The Morgan fingerprint density at radius 3 is 2.64 bits per heavy atom. The molecule has 4 heteroatoms. The maximum absolute atomic E-state index is 13.3. The number of benzene rings is 1. The van der Waals surface area contributed by atoms with E-state index < -0.39 is 5.91 Å². The molecule has 0 aromatic heterocycles. The third-order valence-corrected chi connectivity index (χ3v) is 1.92. The highest BCUT2D eigenvalue weighted by Gasteiger charge is 2.10. The third kappa shape index (κ3) is 2.45. The number of halogens is 1. The molecule has 0 unspecified atom stereocenters. The SMILES string of the molecule is CCN(CC(N)=O)c1ccccc1F. The van der Waals surface area contributed by atoms with E-state index in [4.69, 9.17) is 5.73 Å². The van der Waals surface area contributed by atoms with Gasteiger partial charge in [-0.25, -0.2) is 4.39 Å². The van der Waals surface area contributed by atoms with Crippen LogP contribution in [0.2, 0.25) is 0 Å². The molecule has 0 fully saturated rings. The van der Waals surface area contributed by atoms with Crippen LogP contribution in [0.5, 0.6) is 0 Å². The number of primary amides is 1. The summed E-state index contributed by atoms with van der Waals surface area (Å²) in [6, 6.07) is 6.32. The van der Waals surface area contributed by atoms with Gasteiger partial charge in [0.05, 0.1) is 12.2 Å². The van der Waals surface area contributed by atoms with E-state index >= 15 is 0 Å².